The van der Waals surface area contributed by atoms with E-state index in [4.69, 9.17) is 5.84 Å². The predicted molar refractivity (Wildman–Crippen MR) is 67.2 cm³/mol. The SMILES string of the molecule is CCC(C)[CH]C(=O)C(=O)[C@H](Cc1c[nH]cn1)NN. The Morgan fingerprint density at radius 2 is 2.33 bits per heavy atom. The number of carbonyl (C=O) groups is 2. The molecule has 0 aliphatic carbocycles. The van der Waals surface area contributed by atoms with Crippen LogP contribution in [0.3, 0.4) is 0 Å². The van der Waals surface area contributed by atoms with Crippen molar-refractivity contribution in [3.8, 4) is 0 Å². The summed E-state index contributed by atoms with van der Waals surface area (Å²) < 4.78 is 0. The third-order valence-corrected chi connectivity index (χ3v) is 2.81. The van der Waals surface area contributed by atoms with Gasteiger partial charge in [0.25, 0.3) is 0 Å². The molecule has 6 heteroatoms. The van der Waals surface area contributed by atoms with Crippen LogP contribution in [0.1, 0.15) is 26.0 Å². The topological polar surface area (TPSA) is 101 Å². The van der Waals surface area contributed by atoms with Gasteiger partial charge in [0.1, 0.15) is 0 Å². The molecule has 18 heavy (non-hydrogen) atoms. The van der Waals surface area contributed by atoms with E-state index in [0.717, 1.165) is 6.42 Å². The van der Waals surface area contributed by atoms with Crippen LogP contribution in [0.25, 0.3) is 0 Å². The van der Waals surface area contributed by atoms with Crippen LogP contribution in [0, 0.1) is 12.3 Å². The van der Waals surface area contributed by atoms with Gasteiger partial charge in [0.05, 0.1) is 18.1 Å². The molecule has 1 rings (SSSR count). The quantitative estimate of drug-likeness (QED) is 0.347. The lowest BCUT2D eigenvalue weighted by Crippen LogP contribution is -2.46. The van der Waals surface area contributed by atoms with E-state index >= 15 is 0 Å². The summed E-state index contributed by atoms with van der Waals surface area (Å²) in [5, 5.41) is 0. The Hall–Kier alpha value is -1.53. The molecular formula is C12H19N4O2. The maximum absolute atomic E-state index is 11.9. The van der Waals surface area contributed by atoms with Gasteiger partial charge in [-0.25, -0.2) is 10.4 Å². The molecule has 0 saturated heterocycles. The molecule has 0 saturated carbocycles. The second-order valence-corrected chi connectivity index (χ2v) is 4.26. The van der Waals surface area contributed by atoms with Crippen LogP contribution >= 0.6 is 0 Å². The zero-order valence-corrected chi connectivity index (χ0v) is 10.6. The van der Waals surface area contributed by atoms with Crippen LogP contribution in [0.5, 0.6) is 0 Å². The van der Waals surface area contributed by atoms with Gasteiger partial charge in [-0.3, -0.25) is 15.4 Å². The van der Waals surface area contributed by atoms with Crippen LogP contribution in [-0.2, 0) is 16.0 Å². The number of imidazole rings is 1. The molecule has 0 aliphatic heterocycles. The number of Topliss-reactive ketones (excluding diaryl/α,β-unsaturated/α-hetero) is 2. The number of hydrogen-bond acceptors (Lipinski definition) is 5. The molecule has 6 nitrogen and oxygen atoms in total. The zero-order valence-electron chi connectivity index (χ0n) is 10.6. The average molecular weight is 251 g/mol. The Kier molecular flexibility index (Phi) is 5.67. The highest BCUT2D eigenvalue weighted by molar-refractivity contribution is 6.42. The Balaban J connectivity index is 2.59. The molecule has 1 aromatic heterocycles. The molecule has 0 aliphatic rings. The van der Waals surface area contributed by atoms with Crippen molar-refractivity contribution in [2.75, 3.05) is 0 Å². The van der Waals surface area contributed by atoms with Crippen molar-refractivity contribution < 1.29 is 9.59 Å². The number of nitrogens with one attached hydrogen (secondary N) is 2. The normalized spacial score (nSPS) is 14.2. The maximum atomic E-state index is 11.9. The van der Waals surface area contributed by atoms with Gasteiger partial charge in [-0.15, -0.1) is 0 Å². The standard InChI is InChI=1S/C12H19N4O2/c1-3-8(2)4-11(17)12(18)10(16-13)5-9-6-14-7-15-9/h4,6-8,10,16H,3,5,13H2,1-2H3,(H,14,15)/t8?,10-/m0/s1. The highest BCUT2D eigenvalue weighted by atomic mass is 16.2. The summed E-state index contributed by atoms with van der Waals surface area (Å²) in [5.41, 5.74) is 3.05. The Labute approximate surface area is 106 Å². The summed E-state index contributed by atoms with van der Waals surface area (Å²) in [6, 6.07) is -0.735. The van der Waals surface area contributed by atoms with Crippen LogP contribution in [0.15, 0.2) is 12.5 Å². The third-order valence-electron chi connectivity index (χ3n) is 2.81. The van der Waals surface area contributed by atoms with E-state index in [1.807, 2.05) is 13.8 Å². The molecule has 99 valence electrons. The number of rotatable bonds is 8. The molecule has 0 spiro atoms. The number of nitrogens with two attached hydrogens (primary N) is 1. The molecule has 1 aromatic rings. The molecule has 0 aromatic carbocycles. The minimum absolute atomic E-state index is 0.0882. The third kappa shape index (κ3) is 4.05. The largest absolute Gasteiger partial charge is 0.351 e. The van der Waals surface area contributed by atoms with E-state index in [0.29, 0.717) is 12.1 Å². The molecule has 1 unspecified atom stereocenters. The Bertz CT molecular complexity index is 389. The summed E-state index contributed by atoms with van der Waals surface area (Å²) in [6.45, 7) is 3.85. The zero-order chi connectivity index (χ0) is 13.5. The van der Waals surface area contributed by atoms with E-state index in [1.165, 1.54) is 12.7 Å². The highest BCUT2D eigenvalue weighted by Gasteiger charge is 2.25. The number of aromatic nitrogens is 2. The molecule has 0 fully saturated rings. The molecule has 0 amide bonds. The molecule has 4 N–H and O–H groups in total. The van der Waals surface area contributed by atoms with Gasteiger partial charge in [-0.2, -0.15) is 0 Å². The number of aromatic amines is 1. The second kappa shape index (κ2) is 7.03. The first-order valence-electron chi connectivity index (χ1n) is 5.95. The maximum Gasteiger partial charge on any atom is 0.217 e. The lowest BCUT2D eigenvalue weighted by Gasteiger charge is -2.13. The number of hydrogen-bond donors (Lipinski definition) is 3. The summed E-state index contributed by atoms with van der Waals surface area (Å²) in [5.74, 6) is 4.38. The Morgan fingerprint density at radius 1 is 1.61 bits per heavy atom. The first kappa shape index (κ1) is 14.5. The Morgan fingerprint density at radius 3 is 2.83 bits per heavy atom. The fourth-order valence-electron chi connectivity index (χ4n) is 1.47. The summed E-state index contributed by atoms with van der Waals surface area (Å²) >= 11 is 0. The summed E-state index contributed by atoms with van der Waals surface area (Å²) in [6.07, 6.45) is 5.73. The van der Waals surface area contributed by atoms with Crippen LogP contribution < -0.4 is 11.3 Å². The van der Waals surface area contributed by atoms with E-state index in [1.54, 1.807) is 6.20 Å². The van der Waals surface area contributed by atoms with E-state index in [2.05, 4.69) is 15.4 Å². The second-order valence-electron chi connectivity index (χ2n) is 4.26. The number of nitrogens with zero attached hydrogens (tertiary/aromatic N) is 1. The first-order valence-corrected chi connectivity index (χ1v) is 5.95. The summed E-state index contributed by atoms with van der Waals surface area (Å²) in [4.78, 5) is 30.4. The van der Waals surface area contributed by atoms with Gasteiger partial charge in [-0.1, -0.05) is 20.3 Å². The van der Waals surface area contributed by atoms with Gasteiger partial charge in [0.15, 0.2) is 0 Å². The highest BCUT2D eigenvalue weighted by Crippen LogP contribution is 2.08. The van der Waals surface area contributed by atoms with Crippen LogP contribution in [0.2, 0.25) is 0 Å². The van der Waals surface area contributed by atoms with Gasteiger partial charge < -0.3 is 4.98 Å². The van der Waals surface area contributed by atoms with Crippen molar-refractivity contribution in [2.24, 2.45) is 11.8 Å². The predicted octanol–water partition coefficient (Wildman–Crippen LogP) is 0.173. The van der Waals surface area contributed by atoms with Crippen molar-refractivity contribution >= 4 is 11.6 Å². The minimum Gasteiger partial charge on any atom is -0.351 e. The van der Waals surface area contributed by atoms with E-state index < -0.39 is 17.6 Å². The van der Waals surface area contributed by atoms with Crippen LogP contribution in [0.4, 0.5) is 0 Å². The lowest BCUT2D eigenvalue weighted by molar-refractivity contribution is -0.136. The van der Waals surface area contributed by atoms with Gasteiger partial charge in [0, 0.05) is 19.0 Å². The van der Waals surface area contributed by atoms with Crippen molar-refractivity contribution in [1.29, 1.82) is 0 Å². The number of ketones is 2. The smallest absolute Gasteiger partial charge is 0.217 e. The average Bonchev–Trinajstić information content (AvgIpc) is 2.87. The fraction of sp³-hybridized carbons (Fsp3) is 0.500. The van der Waals surface area contributed by atoms with Crippen LogP contribution in [-0.4, -0.2) is 27.6 Å². The number of hydrazine groups is 1. The molecule has 2 atom stereocenters. The van der Waals surface area contributed by atoms with Crippen molar-refractivity contribution in [3.63, 3.8) is 0 Å². The number of carbonyl (C=O) groups excluding carboxylic acids is 2. The van der Waals surface area contributed by atoms with E-state index in [9.17, 15) is 9.59 Å². The lowest BCUT2D eigenvalue weighted by atomic mass is 9.96. The number of H-pyrrole nitrogens is 1. The fourth-order valence-corrected chi connectivity index (χ4v) is 1.47. The molecule has 1 heterocycles. The molecule has 0 bridgehead atoms. The first-order chi connectivity index (χ1) is 8.58. The van der Waals surface area contributed by atoms with Crippen molar-refractivity contribution in [2.45, 2.75) is 32.7 Å². The van der Waals surface area contributed by atoms with Crippen molar-refractivity contribution in [3.05, 3.63) is 24.6 Å². The van der Waals surface area contributed by atoms with Crippen molar-refractivity contribution in [1.82, 2.24) is 15.4 Å². The molecule has 1 radical (unpaired) electrons. The summed E-state index contributed by atoms with van der Waals surface area (Å²) in [7, 11) is 0. The van der Waals surface area contributed by atoms with E-state index in [-0.39, 0.29) is 5.92 Å². The van der Waals surface area contributed by atoms with Gasteiger partial charge >= 0.3 is 0 Å². The molecular weight excluding hydrogens is 232 g/mol. The minimum atomic E-state index is -0.735. The monoisotopic (exact) mass is 251 g/mol. The van der Waals surface area contributed by atoms with Gasteiger partial charge in [0.2, 0.25) is 11.6 Å². The van der Waals surface area contributed by atoms with Gasteiger partial charge in [-0.05, 0) is 5.92 Å².